The van der Waals surface area contributed by atoms with E-state index in [1.54, 1.807) is 19.1 Å². The number of nitrogens with zero attached hydrogens (tertiary/aromatic N) is 1. The molecule has 1 aliphatic heterocycles. The highest BCUT2D eigenvalue weighted by Crippen LogP contribution is 2.32. The molecule has 0 bridgehead atoms. The van der Waals surface area contributed by atoms with Gasteiger partial charge >= 0.3 is 0 Å². The summed E-state index contributed by atoms with van der Waals surface area (Å²) in [5.74, 6) is -1.07. The van der Waals surface area contributed by atoms with Gasteiger partial charge in [-0.1, -0.05) is 25.1 Å². The predicted molar refractivity (Wildman–Crippen MR) is 82.4 cm³/mol. The fourth-order valence-electron chi connectivity index (χ4n) is 1.86. The van der Waals surface area contributed by atoms with Crippen molar-refractivity contribution in [3.05, 3.63) is 40.6 Å². The number of imide groups is 1. The van der Waals surface area contributed by atoms with Crippen LogP contribution in [-0.4, -0.2) is 35.0 Å². The predicted octanol–water partition coefficient (Wildman–Crippen LogP) is 2.39. The van der Waals surface area contributed by atoms with Crippen LogP contribution in [0.1, 0.15) is 18.9 Å². The molecule has 1 aromatic carbocycles. The van der Waals surface area contributed by atoms with Gasteiger partial charge < -0.3 is 5.32 Å². The normalized spacial score (nSPS) is 16.5. The lowest BCUT2D eigenvalue weighted by atomic mass is 10.2. The van der Waals surface area contributed by atoms with E-state index in [1.165, 1.54) is 18.2 Å². The second-order valence-electron chi connectivity index (χ2n) is 4.56. The van der Waals surface area contributed by atoms with E-state index in [4.69, 9.17) is 0 Å². The van der Waals surface area contributed by atoms with Crippen molar-refractivity contribution in [3.8, 4) is 0 Å². The Morgan fingerprint density at radius 2 is 2.09 bits per heavy atom. The van der Waals surface area contributed by atoms with E-state index in [1.807, 2.05) is 0 Å². The Bertz CT molecular complexity index is 645. The fraction of sp³-hybridized carbons (Fsp3) is 0.267. The first kappa shape index (κ1) is 16.2. The zero-order chi connectivity index (χ0) is 16.1. The summed E-state index contributed by atoms with van der Waals surface area (Å²) in [5.41, 5.74) is 0.257. The number of thioether (sulfide) groups is 1. The van der Waals surface area contributed by atoms with Gasteiger partial charge in [-0.2, -0.15) is 0 Å². The van der Waals surface area contributed by atoms with Crippen molar-refractivity contribution in [2.75, 3.05) is 13.1 Å². The Kier molecular flexibility index (Phi) is 5.32. The molecule has 3 amide bonds. The lowest BCUT2D eigenvalue weighted by molar-refractivity contribution is -0.124. The van der Waals surface area contributed by atoms with Crippen molar-refractivity contribution in [1.29, 1.82) is 0 Å². The molecule has 0 aliphatic carbocycles. The van der Waals surface area contributed by atoms with Crippen LogP contribution in [0.5, 0.6) is 0 Å². The van der Waals surface area contributed by atoms with Crippen LogP contribution in [0.15, 0.2) is 29.2 Å². The highest BCUT2D eigenvalue weighted by atomic mass is 32.2. The molecular weight excluding hydrogens is 307 g/mol. The molecule has 1 aromatic rings. The summed E-state index contributed by atoms with van der Waals surface area (Å²) in [5, 5.41) is 2.18. The first-order chi connectivity index (χ1) is 10.5. The van der Waals surface area contributed by atoms with E-state index < -0.39 is 17.0 Å². The van der Waals surface area contributed by atoms with Gasteiger partial charge in [0, 0.05) is 25.1 Å². The average molecular weight is 322 g/mol. The van der Waals surface area contributed by atoms with Gasteiger partial charge in [-0.25, -0.2) is 4.39 Å². The molecule has 1 N–H and O–H groups in total. The van der Waals surface area contributed by atoms with E-state index in [9.17, 15) is 18.8 Å². The zero-order valence-corrected chi connectivity index (χ0v) is 12.8. The molecule has 22 heavy (non-hydrogen) atoms. The first-order valence-electron chi connectivity index (χ1n) is 6.79. The number of hydrogen-bond donors (Lipinski definition) is 1. The van der Waals surface area contributed by atoms with Gasteiger partial charge in [0.05, 0.1) is 4.91 Å². The highest BCUT2D eigenvalue weighted by molar-refractivity contribution is 8.18. The number of halogens is 1. The zero-order valence-electron chi connectivity index (χ0n) is 12.0. The first-order valence-corrected chi connectivity index (χ1v) is 7.61. The third-order valence-corrected chi connectivity index (χ3v) is 3.95. The van der Waals surface area contributed by atoms with Crippen molar-refractivity contribution in [1.82, 2.24) is 10.2 Å². The number of carbonyl (C=O) groups is 3. The topological polar surface area (TPSA) is 66.5 Å². The second-order valence-corrected chi connectivity index (χ2v) is 5.55. The molecule has 1 heterocycles. The average Bonchev–Trinajstić information content (AvgIpc) is 2.76. The maximum atomic E-state index is 13.6. The molecule has 0 unspecified atom stereocenters. The van der Waals surface area contributed by atoms with E-state index in [2.05, 4.69) is 5.32 Å². The van der Waals surface area contributed by atoms with Crippen LogP contribution < -0.4 is 5.32 Å². The maximum absolute atomic E-state index is 13.6. The van der Waals surface area contributed by atoms with Gasteiger partial charge in [0.1, 0.15) is 5.82 Å². The van der Waals surface area contributed by atoms with Gasteiger partial charge in [-0.3, -0.25) is 19.3 Å². The molecule has 0 aromatic heterocycles. The maximum Gasteiger partial charge on any atom is 0.293 e. The summed E-state index contributed by atoms with van der Waals surface area (Å²) in [6.45, 7) is 2.02. The number of amides is 3. The van der Waals surface area contributed by atoms with E-state index in [0.717, 1.165) is 16.7 Å². The summed E-state index contributed by atoms with van der Waals surface area (Å²) in [6.07, 6.45) is 1.71. The Morgan fingerprint density at radius 3 is 2.77 bits per heavy atom. The van der Waals surface area contributed by atoms with Crippen molar-refractivity contribution in [2.24, 2.45) is 0 Å². The Labute approximate surface area is 131 Å². The van der Waals surface area contributed by atoms with Gasteiger partial charge in [-0.05, 0) is 23.9 Å². The third kappa shape index (κ3) is 3.73. The van der Waals surface area contributed by atoms with E-state index in [-0.39, 0.29) is 29.5 Å². The molecule has 0 saturated carbocycles. The minimum Gasteiger partial charge on any atom is -0.354 e. The molecule has 7 heteroatoms. The molecule has 1 fully saturated rings. The number of nitrogens with one attached hydrogen (secondary N) is 1. The van der Waals surface area contributed by atoms with Crippen LogP contribution in [0.2, 0.25) is 0 Å². The van der Waals surface area contributed by atoms with Crippen LogP contribution >= 0.6 is 11.8 Å². The summed E-state index contributed by atoms with van der Waals surface area (Å²) in [6, 6.07) is 6.02. The summed E-state index contributed by atoms with van der Waals surface area (Å²) in [7, 11) is 0. The minimum absolute atomic E-state index is 0.102. The number of carbonyl (C=O) groups excluding carboxylic acids is 3. The minimum atomic E-state index is -0.469. The molecule has 0 spiro atoms. The van der Waals surface area contributed by atoms with Crippen LogP contribution in [0, 0.1) is 5.82 Å². The third-order valence-electron chi connectivity index (χ3n) is 3.04. The Morgan fingerprint density at radius 1 is 1.36 bits per heavy atom. The van der Waals surface area contributed by atoms with Crippen LogP contribution in [0.3, 0.4) is 0 Å². The molecule has 0 radical (unpaired) electrons. The monoisotopic (exact) mass is 322 g/mol. The molecular formula is C15H15FN2O3S. The molecule has 116 valence electrons. The van der Waals surface area contributed by atoms with Gasteiger partial charge in [-0.15, -0.1) is 0 Å². The SMILES string of the molecule is CCC(=O)NCCN1C(=O)S/C(=C\c2ccccc2F)C1=O. The van der Waals surface area contributed by atoms with E-state index >= 15 is 0 Å². The molecule has 1 saturated heterocycles. The molecule has 5 nitrogen and oxygen atoms in total. The van der Waals surface area contributed by atoms with Crippen LogP contribution in [0.25, 0.3) is 6.08 Å². The lowest BCUT2D eigenvalue weighted by Gasteiger charge is -2.12. The van der Waals surface area contributed by atoms with Gasteiger partial charge in [0.2, 0.25) is 5.91 Å². The Balaban J connectivity index is 2.05. The highest BCUT2D eigenvalue weighted by Gasteiger charge is 2.34. The molecule has 0 atom stereocenters. The standard InChI is InChI=1S/C15H15FN2O3S/c1-2-13(19)17-7-8-18-14(20)12(22-15(18)21)9-10-5-3-4-6-11(10)16/h3-6,9H,2,7-8H2,1H3,(H,17,19)/b12-9-. The summed E-state index contributed by atoms with van der Waals surface area (Å²) >= 11 is 0.769. The Hall–Kier alpha value is -2.15. The number of rotatable bonds is 5. The van der Waals surface area contributed by atoms with Crippen LogP contribution in [0.4, 0.5) is 9.18 Å². The van der Waals surface area contributed by atoms with E-state index in [0.29, 0.717) is 6.42 Å². The van der Waals surface area contributed by atoms with Crippen molar-refractivity contribution in [3.63, 3.8) is 0 Å². The van der Waals surface area contributed by atoms with Gasteiger partial charge in [0.15, 0.2) is 0 Å². The molecule has 1 aliphatic rings. The molecule has 2 rings (SSSR count). The van der Waals surface area contributed by atoms with Gasteiger partial charge in [0.25, 0.3) is 11.1 Å². The van der Waals surface area contributed by atoms with Crippen molar-refractivity contribution >= 4 is 34.9 Å². The van der Waals surface area contributed by atoms with Crippen molar-refractivity contribution < 1.29 is 18.8 Å². The lowest BCUT2D eigenvalue weighted by Crippen LogP contribution is -2.37. The fourth-order valence-corrected chi connectivity index (χ4v) is 2.71. The summed E-state index contributed by atoms with van der Waals surface area (Å²) in [4.78, 5) is 36.4. The largest absolute Gasteiger partial charge is 0.354 e. The number of benzene rings is 1. The van der Waals surface area contributed by atoms with Crippen LogP contribution in [-0.2, 0) is 9.59 Å². The second kappa shape index (κ2) is 7.22. The van der Waals surface area contributed by atoms with Crippen molar-refractivity contribution in [2.45, 2.75) is 13.3 Å². The smallest absolute Gasteiger partial charge is 0.293 e. The summed E-state index contributed by atoms with van der Waals surface area (Å²) < 4.78 is 13.6. The number of hydrogen-bond acceptors (Lipinski definition) is 4. The quantitative estimate of drug-likeness (QED) is 0.845.